The number of nitro groups is 1. The van der Waals surface area contributed by atoms with Gasteiger partial charge in [-0.3, -0.25) is 10.1 Å². The van der Waals surface area contributed by atoms with Crippen molar-refractivity contribution in [1.82, 2.24) is 5.16 Å². The van der Waals surface area contributed by atoms with Crippen LogP contribution in [0.2, 0.25) is 0 Å². The lowest BCUT2D eigenvalue weighted by Crippen LogP contribution is -1.91. The van der Waals surface area contributed by atoms with Gasteiger partial charge in [-0.2, -0.15) is 0 Å². The zero-order valence-electron chi connectivity index (χ0n) is 11.8. The van der Waals surface area contributed by atoms with Crippen LogP contribution in [0.3, 0.4) is 0 Å². The van der Waals surface area contributed by atoms with Crippen molar-refractivity contribution in [2.75, 3.05) is 0 Å². The number of aliphatic hydroxyl groups excluding tert-OH is 1. The quantitative estimate of drug-likeness (QED) is 0.587. The van der Waals surface area contributed by atoms with Gasteiger partial charge in [0.25, 0.3) is 5.69 Å². The Morgan fingerprint density at radius 2 is 1.91 bits per heavy atom. The van der Waals surface area contributed by atoms with Crippen LogP contribution in [0.5, 0.6) is 0 Å². The van der Waals surface area contributed by atoms with Crippen molar-refractivity contribution in [3.8, 4) is 22.6 Å². The van der Waals surface area contributed by atoms with E-state index >= 15 is 0 Å². The first-order valence-corrected chi connectivity index (χ1v) is 6.70. The van der Waals surface area contributed by atoms with Crippen molar-refractivity contribution in [3.63, 3.8) is 0 Å². The van der Waals surface area contributed by atoms with E-state index in [2.05, 4.69) is 5.16 Å². The highest BCUT2D eigenvalue weighted by molar-refractivity contribution is 5.73. The van der Waals surface area contributed by atoms with Gasteiger partial charge in [0.15, 0.2) is 5.76 Å². The maximum Gasteiger partial charge on any atom is 0.270 e. The van der Waals surface area contributed by atoms with Gasteiger partial charge in [-0.1, -0.05) is 17.3 Å². The summed E-state index contributed by atoms with van der Waals surface area (Å²) < 4.78 is 18.3. The van der Waals surface area contributed by atoms with E-state index in [4.69, 9.17) is 4.52 Å². The molecule has 1 heterocycles. The third-order valence-corrected chi connectivity index (χ3v) is 3.38. The number of non-ortho nitro benzene ring substituents is 1. The van der Waals surface area contributed by atoms with Crippen LogP contribution in [0, 0.1) is 15.9 Å². The van der Waals surface area contributed by atoms with Crippen molar-refractivity contribution in [1.29, 1.82) is 0 Å². The summed E-state index contributed by atoms with van der Waals surface area (Å²) >= 11 is 0. The second-order valence-corrected chi connectivity index (χ2v) is 4.81. The Hall–Kier alpha value is -3.06. The minimum absolute atomic E-state index is 0.0916. The first-order valence-electron chi connectivity index (χ1n) is 6.70. The Labute approximate surface area is 129 Å². The Bertz CT molecular complexity index is 859. The molecular weight excluding hydrogens is 303 g/mol. The smallest absolute Gasteiger partial charge is 0.270 e. The van der Waals surface area contributed by atoms with Gasteiger partial charge in [-0.05, 0) is 24.3 Å². The molecule has 116 valence electrons. The van der Waals surface area contributed by atoms with Crippen LogP contribution in [0.4, 0.5) is 10.1 Å². The Kier molecular flexibility index (Phi) is 3.86. The number of aromatic nitrogens is 1. The molecule has 23 heavy (non-hydrogen) atoms. The molecule has 1 aromatic heterocycles. The van der Waals surface area contributed by atoms with Gasteiger partial charge in [0, 0.05) is 23.3 Å². The summed E-state index contributed by atoms with van der Waals surface area (Å²) in [4.78, 5) is 10.4. The summed E-state index contributed by atoms with van der Waals surface area (Å²) in [5, 5.41) is 24.4. The van der Waals surface area contributed by atoms with E-state index in [1.165, 1.54) is 42.5 Å². The van der Waals surface area contributed by atoms with Gasteiger partial charge >= 0.3 is 0 Å². The number of hydrogen-bond acceptors (Lipinski definition) is 5. The molecule has 0 radical (unpaired) electrons. The van der Waals surface area contributed by atoms with Crippen LogP contribution in [0.1, 0.15) is 5.56 Å². The highest BCUT2D eigenvalue weighted by Crippen LogP contribution is 2.33. The molecule has 0 aliphatic rings. The number of hydrogen-bond donors (Lipinski definition) is 1. The molecule has 0 saturated heterocycles. The van der Waals surface area contributed by atoms with Crippen LogP contribution >= 0.6 is 0 Å². The van der Waals surface area contributed by atoms with E-state index in [-0.39, 0.29) is 23.9 Å². The van der Waals surface area contributed by atoms with Gasteiger partial charge in [0.2, 0.25) is 0 Å². The van der Waals surface area contributed by atoms with E-state index in [1.807, 2.05) is 0 Å². The highest BCUT2D eigenvalue weighted by Gasteiger charge is 2.20. The first-order chi connectivity index (χ1) is 11.1. The van der Waals surface area contributed by atoms with Gasteiger partial charge in [0.1, 0.15) is 11.5 Å². The lowest BCUT2D eigenvalue weighted by molar-refractivity contribution is -0.384. The van der Waals surface area contributed by atoms with Crippen LogP contribution < -0.4 is 0 Å². The summed E-state index contributed by atoms with van der Waals surface area (Å²) in [6.45, 7) is -0.367. The molecule has 0 fully saturated rings. The number of halogens is 1. The number of benzene rings is 2. The van der Waals surface area contributed by atoms with Crippen molar-refractivity contribution in [3.05, 3.63) is 70.0 Å². The fraction of sp³-hybridized carbons (Fsp3) is 0.0625. The van der Waals surface area contributed by atoms with E-state index in [9.17, 15) is 19.6 Å². The zero-order valence-corrected chi connectivity index (χ0v) is 11.8. The SMILES string of the molecule is O=[N+]([O-])c1cccc(-c2onc(-c3ccc(F)cc3)c2CO)c1. The van der Waals surface area contributed by atoms with Crippen LogP contribution in [0.15, 0.2) is 53.1 Å². The number of nitro benzene ring substituents is 1. The van der Waals surface area contributed by atoms with Gasteiger partial charge in [0.05, 0.1) is 17.1 Å². The first kappa shape index (κ1) is 14.9. The van der Waals surface area contributed by atoms with Crippen LogP contribution in [-0.2, 0) is 6.61 Å². The van der Waals surface area contributed by atoms with Crippen LogP contribution in [0.25, 0.3) is 22.6 Å². The molecular formula is C16H11FN2O4. The van der Waals surface area contributed by atoms with Crippen molar-refractivity contribution in [2.24, 2.45) is 0 Å². The lowest BCUT2D eigenvalue weighted by Gasteiger charge is -2.01. The topological polar surface area (TPSA) is 89.4 Å². The molecule has 6 nitrogen and oxygen atoms in total. The molecule has 2 aromatic carbocycles. The number of rotatable bonds is 4. The van der Waals surface area contributed by atoms with E-state index < -0.39 is 4.92 Å². The van der Waals surface area contributed by atoms with E-state index in [1.54, 1.807) is 6.07 Å². The molecule has 0 unspecified atom stereocenters. The van der Waals surface area contributed by atoms with E-state index in [0.29, 0.717) is 22.4 Å². The largest absolute Gasteiger partial charge is 0.391 e. The molecule has 0 aliphatic heterocycles. The standard InChI is InChI=1S/C16H11FN2O4/c17-12-6-4-10(5-7-12)15-14(9-20)16(23-18-15)11-2-1-3-13(8-11)19(21)22/h1-8,20H,9H2. The molecule has 0 atom stereocenters. The highest BCUT2D eigenvalue weighted by atomic mass is 19.1. The van der Waals surface area contributed by atoms with Crippen molar-refractivity contribution in [2.45, 2.75) is 6.61 Å². The molecule has 0 saturated carbocycles. The summed E-state index contributed by atoms with van der Waals surface area (Å²) in [5.41, 5.74) is 1.68. The summed E-state index contributed by atoms with van der Waals surface area (Å²) in [6, 6.07) is 11.4. The Balaban J connectivity index is 2.10. The maximum atomic E-state index is 13.0. The van der Waals surface area contributed by atoms with E-state index in [0.717, 1.165) is 0 Å². The average molecular weight is 314 g/mol. The molecule has 3 aromatic rings. The maximum absolute atomic E-state index is 13.0. The Morgan fingerprint density at radius 1 is 1.17 bits per heavy atom. The van der Waals surface area contributed by atoms with Crippen molar-refractivity contribution >= 4 is 5.69 Å². The molecule has 3 rings (SSSR count). The third kappa shape index (κ3) is 2.82. The lowest BCUT2D eigenvalue weighted by atomic mass is 10.0. The minimum Gasteiger partial charge on any atom is -0.391 e. The normalized spacial score (nSPS) is 10.7. The zero-order chi connectivity index (χ0) is 16.4. The van der Waals surface area contributed by atoms with Crippen LogP contribution in [-0.4, -0.2) is 15.2 Å². The second kappa shape index (κ2) is 5.98. The van der Waals surface area contributed by atoms with Crippen molar-refractivity contribution < 1.29 is 18.9 Å². The Morgan fingerprint density at radius 3 is 2.57 bits per heavy atom. The van der Waals surface area contributed by atoms with Gasteiger partial charge in [-0.25, -0.2) is 4.39 Å². The second-order valence-electron chi connectivity index (χ2n) is 4.81. The fourth-order valence-electron chi connectivity index (χ4n) is 2.28. The average Bonchev–Trinajstić information content (AvgIpc) is 2.99. The summed E-state index contributed by atoms with van der Waals surface area (Å²) in [7, 11) is 0. The molecule has 7 heteroatoms. The molecule has 0 amide bonds. The summed E-state index contributed by atoms with van der Waals surface area (Å²) in [6.07, 6.45) is 0. The fourth-order valence-corrected chi connectivity index (χ4v) is 2.28. The molecule has 0 aliphatic carbocycles. The van der Waals surface area contributed by atoms with Gasteiger partial charge < -0.3 is 9.63 Å². The minimum atomic E-state index is -0.515. The predicted molar refractivity (Wildman–Crippen MR) is 79.9 cm³/mol. The monoisotopic (exact) mass is 314 g/mol. The summed E-state index contributed by atoms with van der Waals surface area (Å²) in [5.74, 6) is -0.141. The van der Waals surface area contributed by atoms with Gasteiger partial charge in [-0.15, -0.1) is 0 Å². The molecule has 0 spiro atoms. The molecule has 0 bridgehead atoms. The number of aliphatic hydroxyl groups is 1. The number of nitrogens with zero attached hydrogens (tertiary/aromatic N) is 2. The third-order valence-electron chi connectivity index (χ3n) is 3.38. The molecule has 1 N–H and O–H groups in total. The predicted octanol–water partition coefficient (Wildman–Crippen LogP) is 3.55.